The molecule has 9 heteroatoms. The van der Waals surface area contributed by atoms with E-state index in [9.17, 15) is 9.59 Å². The molecule has 4 rings (SSSR count). The molecule has 35 heavy (non-hydrogen) atoms. The van der Waals surface area contributed by atoms with Gasteiger partial charge in [0, 0.05) is 25.1 Å². The number of methoxy groups -OCH3 is 2. The van der Waals surface area contributed by atoms with E-state index < -0.39 is 5.97 Å². The van der Waals surface area contributed by atoms with Gasteiger partial charge in [0.25, 0.3) is 5.91 Å². The van der Waals surface area contributed by atoms with Gasteiger partial charge in [-0.2, -0.15) is 0 Å². The summed E-state index contributed by atoms with van der Waals surface area (Å²) in [7, 11) is 3.10. The lowest BCUT2D eigenvalue weighted by Crippen LogP contribution is -2.42. The number of hydrogen-bond acceptors (Lipinski definition) is 8. The van der Waals surface area contributed by atoms with Gasteiger partial charge in [-0.1, -0.05) is 36.0 Å². The third kappa shape index (κ3) is 5.52. The summed E-state index contributed by atoms with van der Waals surface area (Å²) in [5.74, 6) is 0.799. The van der Waals surface area contributed by atoms with Crippen LogP contribution >= 0.6 is 11.8 Å². The zero-order valence-electron chi connectivity index (χ0n) is 20.1. The summed E-state index contributed by atoms with van der Waals surface area (Å²) in [5, 5.41) is 3.86. The Hall–Kier alpha value is -3.30. The van der Waals surface area contributed by atoms with Crippen molar-refractivity contribution in [2.75, 3.05) is 45.0 Å². The molecule has 1 amide bonds. The molecule has 0 saturated carbocycles. The molecular weight excluding hydrogens is 466 g/mol. The summed E-state index contributed by atoms with van der Waals surface area (Å²) in [4.78, 5) is 33.0. The van der Waals surface area contributed by atoms with Crippen molar-refractivity contribution in [2.45, 2.75) is 19.4 Å². The van der Waals surface area contributed by atoms with Crippen molar-refractivity contribution >= 4 is 34.5 Å². The summed E-state index contributed by atoms with van der Waals surface area (Å²) >= 11 is 1.69. The van der Waals surface area contributed by atoms with Crippen LogP contribution in [0.1, 0.15) is 35.3 Å². The number of anilines is 1. The number of amides is 1. The number of esters is 1. The molecule has 0 spiro atoms. The first-order chi connectivity index (χ1) is 17.0. The molecule has 2 aliphatic heterocycles. The van der Waals surface area contributed by atoms with Crippen LogP contribution in [0.5, 0.6) is 5.75 Å². The molecule has 1 atom stereocenters. The van der Waals surface area contributed by atoms with E-state index in [1.807, 2.05) is 37.3 Å². The van der Waals surface area contributed by atoms with Gasteiger partial charge < -0.3 is 24.4 Å². The minimum atomic E-state index is -0.411. The van der Waals surface area contributed by atoms with Crippen molar-refractivity contribution in [3.8, 4) is 5.75 Å². The highest BCUT2D eigenvalue weighted by Crippen LogP contribution is 2.40. The summed E-state index contributed by atoms with van der Waals surface area (Å²) in [6.45, 7) is 3.10. The van der Waals surface area contributed by atoms with Gasteiger partial charge in [0.1, 0.15) is 12.4 Å². The maximum absolute atomic E-state index is 13.1. The summed E-state index contributed by atoms with van der Waals surface area (Å²) in [5.41, 5.74) is 3.08. The molecular formula is C26H29N3O5S. The Labute approximate surface area is 209 Å². The molecule has 2 aromatic rings. The Morgan fingerprint density at radius 2 is 1.97 bits per heavy atom. The van der Waals surface area contributed by atoms with E-state index in [2.05, 4.69) is 10.2 Å². The number of nitrogens with one attached hydrogen (secondary N) is 1. The molecule has 1 N–H and O–H groups in total. The lowest BCUT2D eigenvalue weighted by molar-refractivity contribution is -0.141. The summed E-state index contributed by atoms with van der Waals surface area (Å²) < 4.78 is 15.8. The fourth-order valence-corrected chi connectivity index (χ4v) is 5.21. The topological polar surface area (TPSA) is 89.5 Å². The molecule has 0 aliphatic carbocycles. The number of carbonyl (C=O) groups excluding carboxylic acids is 2. The first kappa shape index (κ1) is 24.8. The highest BCUT2D eigenvalue weighted by atomic mass is 32.2. The van der Waals surface area contributed by atoms with Crippen LogP contribution in [0.3, 0.4) is 0 Å². The quantitative estimate of drug-likeness (QED) is 0.432. The molecule has 2 aromatic carbocycles. The number of ether oxygens (including phenoxy) is 3. The maximum Gasteiger partial charge on any atom is 0.338 e. The van der Waals surface area contributed by atoms with Crippen molar-refractivity contribution < 1.29 is 23.8 Å². The number of nitrogens with zero attached hydrogens (tertiary/aromatic N) is 2. The third-order valence-electron chi connectivity index (χ3n) is 5.81. The Balaban J connectivity index is 1.66. The molecule has 0 radical (unpaired) electrons. The van der Waals surface area contributed by atoms with Crippen LogP contribution in [-0.4, -0.2) is 61.7 Å². The van der Waals surface area contributed by atoms with Gasteiger partial charge in [-0.15, -0.1) is 0 Å². The largest absolute Gasteiger partial charge is 0.496 e. The number of thioether (sulfide) groups is 1. The number of para-hydroxylation sites is 1. The van der Waals surface area contributed by atoms with Gasteiger partial charge in [-0.3, -0.25) is 4.79 Å². The van der Waals surface area contributed by atoms with Crippen LogP contribution in [-0.2, 0) is 14.3 Å². The zero-order valence-corrected chi connectivity index (χ0v) is 20.9. The number of fused-ring (bicyclic) bond motifs is 1. The molecule has 0 aromatic heterocycles. The van der Waals surface area contributed by atoms with Crippen molar-refractivity contribution in [2.24, 2.45) is 4.99 Å². The van der Waals surface area contributed by atoms with E-state index in [1.165, 1.54) is 7.11 Å². The van der Waals surface area contributed by atoms with E-state index in [0.29, 0.717) is 34.9 Å². The second-order valence-corrected chi connectivity index (χ2v) is 9.16. The predicted octanol–water partition coefficient (Wildman–Crippen LogP) is 4.26. The van der Waals surface area contributed by atoms with E-state index in [1.54, 1.807) is 37.1 Å². The number of rotatable bonds is 8. The van der Waals surface area contributed by atoms with Crippen molar-refractivity contribution in [3.63, 3.8) is 0 Å². The summed E-state index contributed by atoms with van der Waals surface area (Å²) in [6, 6.07) is 14.3. The van der Waals surface area contributed by atoms with Crippen LogP contribution < -0.4 is 10.1 Å². The lowest BCUT2D eigenvalue weighted by Gasteiger charge is -2.40. The molecule has 1 unspecified atom stereocenters. The lowest BCUT2D eigenvalue weighted by atomic mass is 9.94. The van der Waals surface area contributed by atoms with Crippen molar-refractivity contribution in [3.05, 3.63) is 70.9 Å². The van der Waals surface area contributed by atoms with E-state index in [-0.39, 0.29) is 18.6 Å². The fraction of sp³-hybridized carbons (Fsp3) is 0.346. The molecule has 1 saturated heterocycles. The zero-order chi connectivity index (χ0) is 24.8. The predicted molar refractivity (Wildman–Crippen MR) is 137 cm³/mol. The van der Waals surface area contributed by atoms with Gasteiger partial charge in [0.15, 0.2) is 5.17 Å². The number of benzene rings is 2. The molecule has 2 aliphatic rings. The SMILES string of the molecule is COCCOC(=O)C1=C(C)N=C2SCCCN2C1c1cccc(NC(=O)c2ccccc2OC)c1. The van der Waals surface area contributed by atoms with Gasteiger partial charge in [0.05, 0.1) is 36.6 Å². The van der Waals surface area contributed by atoms with Gasteiger partial charge >= 0.3 is 5.97 Å². The van der Waals surface area contributed by atoms with E-state index in [0.717, 1.165) is 29.4 Å². The van der Waals surface area contributed by atoms with Crippen molar-refractivity contribution in [1.82, 2.24) is 4.90 Å². The highest BCUT2D eigenvalue weighted by molar-refractivity contribution is 8.13. The Morgan fingerprint density at radius 3 is 2.77 bits per heavy atom. The number of amidine groups is 1. The average molecular weight is 496 g/mol. The van der Waals surface area contributed by atoms with Crippen molar-refractivity contribution in [1.29, 1.82) is 0 Å². The normalized spacial score (nSPS) is 17.4. The average Bonchev–Trinajstić information content (AvgIpc) is 2.88. The van der Waals surface area contributed by atoms with Crippen LogP contribution in [0.25, 0.3) is 0 Å². The number of aliphatic imine (C=N–C) groups is 1. The van der Waals surface area contributed by atoms with Crippen LogP contribution in [0, 0.1) is 0 Å². The molecule has 1 fully saturated rings. The highest BCUT2D eigenvalue weighted by Gasteiger charge is 2.38. The minimum absolute atomic E-state index is 0.166. The molecule has 8 nitrogen and oxygen atoms in total. The second-order valence-electron chi connectivity index (χ2n) is 8.10. The summed E-state index contributed by atoms with van der Waals surface area (Å²) in [6.07, 6.45) is 0.982. The first-order valence-electron chi connectivity index (χ1n) is 11.4. The Bertz CT molecular complexity index is 1160. The number of carbonyl (C=O) groups is 2. The monoisotopic (exact) mass is 495 g/mol. The molecule has 0 bridgehead atoms. The molecule has 2 heterocycles. The van der Waals surface area contributed by atoms with Crippen LogP contribution in [0.15, 0.2) is 64.8 Å². The van der Waals surface area contributed by atoms with Gasteiger partial charge in [-0.05, 0) is 43.2 Å². The van der Waals surface area contributed by atoms with Gasteiger partial charge in [0.2, 0.25) is 0 Å². The smallest absolute Gasteiger partial charge is 0.338 e. The second kappa shape index (κ2) is 11.4. The van der Waals surface area contributed by atoms with Crippen LogP contribution in [0.2, 0.25) is 0 Å². The number of allylic oxidation sites excluding steroid dienone is 1. The molecule has 184 valence electrons. The first-order valence-corrected chi connectivity index (χ1v) is 12.4. The van der Waals surface area contributed by atoms with Crippen LogP contribution in [0.4, 0.5) is 5.69 Å². The standard InChI is InChI=1S/C26H29N3O5S/c1-17-22(25(31)34-14-13-32-2)23(29-12-7-15-35-26(29)27-17)18-8-6-9-19(16-18)28-24(30)20-10-4-5-11-21(20)33-3/h4-6,8-11,16,23H,7,12-15H2,1-3H3,(H,28,30). The maximum atomic E-state index is 13.1. The Morgan fingerprint density at radius 1 is 1.14 bits per heavy atom. The fourth-order valence-electron chi connectivity index (χ4n) is 4.19. The van der Waals surface area contributed by atoms with E-state index >= 15 is 0 Å². The minimum Gasteiger partial charge on any atom is -0.496 e. The van der Waals surface area contributed by atoms with E-state index in [4.69, 9.17) is 19.2 Å². The number of hydrogen-bond donors (Lipinski definition) is 1. The Kier molecular flexibility index (Phi) is 8.09. The third-order valence-corrected chi connectivity index (χ3v) is 6.89. The van der Waals surface area contributed by atoms with Gasteiger partial charge in [-0.25, -0.2) is 9.79 Å².